The van der Waals surface area contributed by atoms with Gasteiger partial charge in [-0.15, -0.1) is 0 Å². The molecule has 0 saturated carbocycles. The van der Waals surface area contributed by atoms with Crippen molar-refractivity contribution in [2.45, 2.75) is 12.5 Å². The maximum absolute atomic E-state index is 10.5. The zero-order chi connectivity index (χ0) is 13.9. The topological polar surface area (TPSA) is 94.5 Å². The highest BCUT2D eigenvalue weighted by molar-refractivity contribution is 5.76. The molecular formula is C11H22O7. The molecule has 0 aromatic carbocycles. The lowest BCUT2D eigenvalue weighted by Crippen LogP contribution is -2.40. The minimum Gasteiger partial charge on any atom is -0.479 e. The fourth-order valence-corrected chi connectivity index (χ4v) is 0.915. The van der Waals surface area contributed by atoms with Crippen LogP contribution in [0.4, 0.5) is 0 Å². The standard InChI is InChI=1S/C11H22O7/c1-11(14,10(12)13)9-18-8-7-17-6-5-16-4-3-15-2/h14H,3-9H2,1-2H3,(H,12,13). The van der Waals surface area contributed by atoms with Crippen LogP contribution in [0.5, 0.6) is 0 Å². The maximum atomic E-state index is 10.5. The molecule has 0 radical (unpaired) electrons. The molecule has 7 heteroatoms. The summed E-state index contributed by atoms with van der Waals surface area (Å²) in [5.74, 6) is -1.31. The van der Waals surface area contributed by atoms with Crippen LogP contribution in [0.1, 0.15) is 6.92 Å². The number of methoxy groups -OCH3 is 1. The second kappa shape index (κ2) is 10.2. The van der Waals surface area contributed by atoms with Crippen LogP contribution in [-0.4, -0.2) is 75.1 Å². The fourth-order valence-electron chi connectivity index (χ4n) is 0.915. The van der Waals surface area contributed by atoms with E-state index in [1.165, 1.54) is 6.92 Å². The summed E-state index contributed by atoms with van der Waals surface area (Å²) in [4.78, 5) is 10.5. The summed E-state index contributed by atoms with van der Waals surface area (Å²) in [6, 6.07) is 0. The smallest absolute Gasteiger partial charge is 0.337 e. The van der Waals surface area contributed by atoms with Crippen molar-refractivity contribution in [1.82, 2.24) is 0 Å². The highest BCUT2D eigenvalue weighted by atomic mass is 16.6. The predicted octanol–water partition coefficient (Wildman–Crippen LogP) is -0.482. The Morgan fingerprint density at radius 3 is 1.89 bits per heavy atom. The van der Waals surface area contributed by atoms with Crippen LogP contribution in [0.25, 0.3) is 0 Å². The van der Waals surface area contributed by atoms with Crippen LogP contribution < -0.4 is 0 Å². The molecule has 0 spiro atoms. The van der Waals surface area contributed by atoms with Crippen LogP contribution in [0.2, 0.25) is 0 Å². The number of ether oxygens (including phenoxy) is 4. The molecule has 0 fully saturated rings. The van der Waals surface area contributed by atoms with E-state index >= 15 is 0 Å². The molecule has 0 aliphatic carbocycles. The van der Waals surface area contributed by atoms with Crippen molar-refractivity contribution in [1.29, 1.82) is 0 Å². The van der Waals surface area contributed by atoms with Gasteiger partial charge in [0.1, 0.15) is 0 Å². The van der Waals surface area contributed by atoms with Crippen LogP contribution in [0.3, 0.4) is 0 Å². The molecule has 0 bridgehead atoms. The summed E-state index contributed by atoms with van der Waals surface area (Å²) in [7, 11) is 1.60. The van der Waals surface area contributed by atoms with E-state index in [0.29, 0.717) is 33.0 Å². The first-order valence-electron chi connectivity index (χ1n) is 5.68. The summed E-state index contributed by atoms with van der Waals surface area (Å²) in [6.45, 7) is 3.44. The van der Waals surface area contributed by atoms with E-state index in [0.717, 1.165) is 0 Å². The molecule has 18 heavy (non-hydrogen) atoms. The second-order valence-electron chi connectivity index (χ2n) is 3.85. The van der Waals surface area contributed by atoms with Crippen molar-refractivity contribution < 1.29 is 34.0 Å². The number of rotatable bonds is 12. The first-order valence-corrected chi connectivity index (χ1v) is 5.68. The molecule has 0 aromatic rings. The fraction of sp³-hybridized carbons (Fsp3) is 0.909. The quantitative estimate of drug-likeness (QED) is 0.461. The average Bonchev–Trinajstić information content (AvgIpc) is 2.31. The third-order valence-corrected chi connectivity index (χ3v) is 2.02. The SMILES string of the molecule is COCCOCCOCCOCC(C)(O)C(=O)O. The van der Waals surface area contributed by atoms with Crippen molar-refractivity contribution in [2.75, 3.05) is 53.4 Å². The number of aliphatic hydroxyl groups is 1. The van der Waals surface area contributed by atoms with Gasteiger partial charge >= 0.3 is 5.97 Å². The van der Waals surface area contributed by atoms with Gasteiger partial charge in [-0.3, -0.25) is 0 Å². The van der Waals surface area contributed by atoms with Gasteiger partial charge in [0.15, 0.2) is 5.60 Å². The summed E-state index contributed by atoms with van der Waals surface area (Å²) in [5, 5.41) is 17.9. The van der Waals surface area contributed by atoms with Crippen LogP contribution in [-0.2, 0) is 23.7 Å². The zero-order valence-electron chi connectivity index (χ0n) is 10.9. The molecule has 0 aliphatic rings. The predicted molar refractivity (Wildman–Crippen MR) is 62.6 cm³/mol. The van der Waals surface area contributed by atoms with Gasteiger partial charge < -0.3 is 29.2 Å². The monoisotopic (exact) mass is 266 g/mol. The van der Waals surface area contributed by atoms with Crippen LogP contribution in [0, 0.1) is 0 Å². The number of carbonyl (C=O) groups is 1. The average molecular weight is 266 g/mol. The number of hydrogen-bond donors (Lipinski definition) is 2. The van der Waals surface area contributed by atoms with E-state index in [9.17, 15) is 9.90 Å². The third kappa shape index (κ3) is 9.32. The van der Waals surface area contributed by atoms with Gasteiger partial charge in [-0.2, -0.15) is 0 Å². The van der Waals surface area contributed by atoms with E-state index in [-0.39, 0.29) is 13.2 Å². The molecule has 0 amide bonds. The summed E-state index contributed by atoms with van der Waals surface area (Å²) in [6.07, 6.45) is 0. The molecule has 0 aliphatic heterocycles. The second-order valence-corrected chi connectivity index (χ2v) is 3.85. The minimum atomic E-state index is -1.86. The van der Waals surface area contributed by atoms with Crippen molar-refractivity contribution in [3.05, 3.63) is 0 Å². The lowest BCUT2D eigenvalue weighted by Gasteiger charge is -2.17. The lowest BCUT2D eigenvalue weighted by molar-refractivity contribution is -0.163. The Hall–Kier alpha value is -0.730. The van der Waals surface area contributed by atoms with E-state index in [1.807, 2.05) is 0 Å². The number of aliphatic carboxylic acids is 1. The summed E-state index contributed by atoms with van der Waals surface area (Å²) >= 11 is 0. The van der Waals surface area contributed by atoms with Crippen molar-refractivity contribution in [3.63, 3.8) is 0 Å². The molecule has 0 rings (SSSR count). The molecule has 0 aromatic heterocycles. The van der Waals surface area contributed by atoms with Gasteiger partial charge in [0.25, 0.3) is 0 Å². The highest BCUT2D eigenvalue weighted by Gasteiger charge is 2.29. The Morgan fingerprint density at radius 1 is 1.00 bits per heavy atom. The first-order chi connectivity index (χ1) is 8.50. The van der Waals surface area contributed by atoms with E-state index in [2.05, 4.69) is 0 Å². The summed E-state index contributed by atoms with van der Waals surface area (Å²) in [5.41, 5.74) is -1.86. The van der Waals surface area contributed by atoms with Gasteiger partial charge in [-0.05, 0) is 6.92 Å². The Balaban J connectivity index is 3.24. The first kappa shape index (κ1) is 17.3. The Kier molecular flexibility index (Phi) is 9.80. The Labute approximate surface area is 107 Å². The van der Waals surface area contributed by atoms with Gasteiger partial charge in [0, 0.05) is 7.11 Å². The summed E-state index contributed by atoms with van der Waals surface area (Å²) < 4.78 is 20.1. The highest BCUT2D eigenvalue weighted by Crippen LogP contribution is 2.03. The normalized spacial score (nSPS) is 14.4. The van der Waals surface area contributed by atoms with E-state index in [1.54, 1.807) is 7.11 Å². The third-order valence-electron chi connectivity index (χ3n) is 2.02. The molecule has 1 atom stereocenters. The number of hydrogen-bond acceptors (Lipinski definition) is 6. The zero-order valence-corrected chi connectivity index (χ0v) is 10.9. The molecule has 1 unspecified atom stereocenters. The van der Waals surface area contributed by atoms with Crippen molar-refractivity contribution >= 4 is 5.97 Å². The van der Waals surface area contributed by atoms with E-state index < -0.39 is 11.6 Å². The molecule has 0 saturated heterocycles. The number of carboxylic acid groups (broad SMARTS) is 1. The number of carboxylic acids is 1. The molecule has 0 heterocycles. The van der Waals surface area contributed by atoms with E-state index in [4.69, 9.17) is 24.1 Å². The lowest BCUT2D eigenvalue weighted by atomic mass is 10.1. The van der Waals surface area contributed by atoms with Gasteiger partial charge in [0.2, 0.25) is 0 Å². The van der Waals surface area contributed by atoms with Crippen LogP contribution >= 0.6 is 0 Å². The van der Waals surface area contributed by atoms with Crippen molar-refractivity contribution in [3.8, 4) is 0 Å². The molecular weight excluding hydrogens is 244 g/mol. The molecule has 7 nitrogen and oxygen atoms in total. The van der Waals surface area contributed by atoms with Crippen molar-refractivity contribution in [2.24, 2.45) is 0 Å². The van der Waals surface area contributed by atoms with Gasteiger partial charge in [-0.1, -0.05) is 0 Å². The molecule has 108 valence electrons. The van der Waals surface area contributed by atoms with Gasteiger partial charge in [-0.25, -0.2) is 4.79 Å². The Bertz CT molecular complexity index is 217. The minimum absolute atomic E-state index is 0.224. The van der Waals surface area contributed by atoms with Crippen LogP contribution in [0.15, 0.2) is 0 Å². The molecule has 2 N–H and O–H groups in total. The van der Waals surface area contributed by atoms with Gasteiger partial charge in [0.05, 0.1) is 46.2 Å². The maximum Gasteiger partial charge on any atom is 0.337 e. The largest absolute Gasteiger partial charge is 0.479 e. The Morgan fingerprint density at radius 2 is 1.44 bits per heavy atom.